The first-order valence-corrected chi connectivity index (χ1v) is 13.3. The third-order valence-electron chi connectivity index (χ3n) is 6.46. The third-order valence-corrected chi connectivity index (χ3v) is 7.81. The zero-order chi connectivity index (χ0) is 26.0. The number of rotatable bonds is 7. The topological polar surface area (TPSA) is 113 Å². The van der Waals surface area contributed by atoms with E-state index >= 15 is 0 Å². The van der Waals surface area contributed by atoms with Crippen molar-refractivity contribution in [2.75, 3.05) is 0 Å². The van der Waals surface area contributed by atoms with Gasteiger partial charge in [-0.2, -0.15) is 0 Å². The smallest absolute Gasteiger partial charge is 0.264 e. The Bertz CT molecular complexity index is 1750. The second-order valence-electron chi connectivity index (χ2n) is 8.95. The maximum atomic E-state index is 13.6. The van der Waals surface area contributed by atoms with Crippen molar-refractivity contribution in [3.05, 3.63) is 126 Å². The number of benzene rings is 5. The summed E-state index contributed by atoms with van der Waals surface area (Å²) in [7, 11) is -4.10. The molecule has 0 aliphatic heterocycles. The maximum absolute atomic E-state index is 13.6. The number of nitrogens with two attached hydrogens (primary N) is 1. The molecule has 0 spiro atoms. The molecule has 5 rings (SSSR count). The van der Waals surface area contributed by atoms with Crippen LogP contribution in [0.5, 0.6) is 0 Å². The van der Waals surface area contributed by atoms with E-state index in [2.05, 4.69) is 4.72 Å². The third kappa shape index (κ3) is 5.22. The normalized spacial score (nSPS) is 12.3. The van der Waals surface area contributed by atoms with Gasteiger partial charge in [0.25, 0.3) is 10.0 Å². The average Bonchev–Trinajstić information content (AvgIpc) is 2.91. The van der Waals surface area contributed by atoms with Gasteiger partial charge in [0.1, 0.15) is 5.84 Å². The van der Waals surface area contributed by atoms with Gasteiger partial charge in [-0.3, -0.25) is 10.2 Å². The Kier molecular flexibility index (Phi) is 6.46. The van der Waals surface area contributed by atoms with Crippen LogP contribution in [0.15, 0.2) is 114 Å². The van der Waals surface area contributed by atoms with Crippen molar-refractivity contribution < 1.29 is 13.2 Å². The molecule has 0 radical (unpaired) electrons. The Hall–Kier alpha value is -4.49. The van der Waals surface area contributed by atoms with Crippen LogP contribution in [-0.4, -0.2) is 20.2 Å². The van der Waals surface area contributed by atoms with Gasteiger partial charge < -0.3 is 5.73 Å². The molecule has 6 nitrogen and oxygen atoms in total. The van der Waals surface area contributed by atoms with Crippen molar-refractivity contribution in [1.82, 2.24) is 4.72 Å². The molecule has 4 N–H and O–H groups in total. The summed E-state index contributed by atoms with van der Waals surface area (Å²) in [4.78, 5) is 13.6. The number of amidine groups is 1. The summed E-state index contributed by atoms with van der Waals surface area (Å²) in [6.07, 6.45) is 0.273. The van der Waals surface area contributed by atoms with E-state index in [0.717, 1.165) is 27.1 Å². The summed E-state index contributed by atoms with van der Waals surface area (Å²) < 4.78 is 28.8. The molecule has 5 aromatic carbocycles. The monoisotopic (exact) mass is 507 g/mol. The highest BCUT2D eigenvalue weighted by molar-refractivity contribution is 7.90. The van der Waals surface area contributed by atoms with E-state index < -0.39 is 21.8 Å². The Morgan fingerprint density at radius 3 is 1.95 bits per heavy atom. The summed E-state index contributed by atoms with van der Waals surface area (Å²) in [5.41, 5.74) is 7.68. The molecule has 1 atom stereocenters. The molecule has 0 heterocycles. The highest BCUT2D eigenvalue weighted by atomic mass is 32.2. The molecule has 1 unspecified atom stereocenters. The fraction of sp³-hybridized carbons (Fsp3) is 0.0667. The molecule has 37 heavy (non-hydrogen) atoms. The van der Waals surface area contributed by atoms with Gasteiger partial charge in [0.15, 0.2) is 0 Å². The van der Waals surface area contributed by atoms with Crippen LogP contribution in [0.4, 0.5) is 0 Å². The summed E-state index contributed by atoms with van der Waals surface area (Å²) in [5, 5.41) is 11.3. The number of hydrogen-bond donors (Lipinski definition) is 3. The fourth-order valence-corrected chi connectivity index (χ4v) is 5.49. The SMILES string of the molecule is N=C(N)c1ccc(CC(C(=O)NS(=O)(=O)c2ccc3ccccc3c2)c2ccc3ccccc3c2)cc1. The number of amides is 1. The minimum absolute atomic E-state index is 0.0302. The van der Waals surface area contributed by atoms with E-state index in [1.807, 2.05) is 66.7 Å². The van der Waals surface area contributed by atoms with Gasteiger partial charge in [-0.15, -0.1) is 0 Å². The predicted molar refractivity (Wildman–Crippen MR) is 147 cm³/mol. The summed E-state index contributed by atoms with van der Waals surface area (Å²) in [6, 6.07) is 32.8. The lowest BCUT2D eigenvalue weighted by Gasteiger charge is -2.19. The molecule has 0 aliphatic rings. The van der Waals surface area contributed by atoms with E-state index in [1.54, 1.807) is 36.4 Å². The molecule has 0 aromatic heterocycles. The van der Waals surface area contributed by atoms with Gasteiger partial charge in [-0.1, -0.05) is 97.1 Å². The first kappa shape index (κ1) is 24.2. The van der Waals surface area contributed by atoms with Crippen LogP contribution in [0.25, 0.3) is 21.5 Å². The van der Waals surface area contributed by atoms with E-state index in [9.17, 15) is 13.2 Å². The molecule has 184 valence electrons. The fourth-order valence-electron chi connectivity index (χ4n) is 4.44. The summed E-state index contributed by atoms with van der Waals surface area (Å²) in [5.74, 6) is -1.42. The lowest BCUT2D eigenvalue weighted by Crippen LogP contribution is -2.35. The van der Waals surface area contributed by atoms with Crippen molar-refractivity contribution in [2.45, 2.75) is 17.2 Å². The zero-order valence-electron chi connectivity index (χ0n) is 19.9. The Morgan fingerprint density at radius 1 is 0.757 bits per heavy atom. The van der Waals surface area contributed by atoms with Crippen LogP contribution in [0.2, 0.25) is 0 Å². The Balaban J connectivity index is 1.49. The second-order valence-corrected chi connectivity index (χ2v) is 10.6. The maximum Gasteiger partial charge on any atom is 0.264 e. The molecule has 0 aliphatic carbocycles. The van der Waals surface area contributed by atoms with Gasteiger partial charge in [0.2, 0.25) is 5.91 Å². The molecule has 0 saturated heterocycles. The quantitative estimate of drug-likeness (QED) is 0.210. The molecular weight excluding hydrogens is 482 g/mol. The highest BCUT2D eigenvalue weighted by Gasteiger charge is 2.27. The molecule has 0 bridgehead atoms. The summed E-state index contributed by atoms with van der Waals surface area (Å²) >= 11 is 0. The molecular formula is C30H25N3O3S. The number of nitrogen functional groups attached to an aromatic ring is 1. The van der Waals surface area contributed by atoms with E-state index in [0.29, 0.717) is 11.1 Å². The highest BCUT2D eigenvalue weighted by Crippen LogP contribution is 2.27. The number of hydrogen-bond acceptors (Lipinski definition) is 4. The first-order valence-electron chi connectivity index (χ1n) is 11.8. The van der Waals surface area contributed by atoms with Gasteiger partial charge in [0, 0.05) is 5.56 Å². The number of sulfonamides is 1. The first-order chi connectivity index (χ1) is 17.8. The largest absolute Gasteiger partial charge is 0.384 e. The number of carbonyl (C=O) groups excluding carboxylic acids is 1. The van der Waals surface area contributed by atoms with E-state index in [-0.39, 0.29) is 17.2 Å². The lowest BCUT2D eigenvalue weighted by atomic mass is 9.89. The Morgan fingerprint density at radius 2 is 1.32 bits per heavy atom. The van der Waals surface area contributed by atoms with E-state index in [4.69, 9.17) is 11.1 Å². The van der Waals surface area contributed by atoms with Crippen molar-refractivity contribution >= 4 is 43.3 Å². The summed E-state index contributed by atoms with van der Waals surface area (Å²) in [6.45, 7) is 0. The van der Waals surface area contributed by atoms with Crippen molar-refractivity contribution in [2.24, 2.45) is 5.73 Å². The average molecular weight is 508 g/mol. The lowest BCUT2D eigenvalue weighted by molar-refractivity contribution is -0.120. The van der Waals surface area contributed by atoms with Crippen LogP contribution < -0.4 is 10.5 Å². The van der Waals surface area contributed by atoms with Crippen LogP contribution in [0.3, 0.4) is 0 Å². The number of nitrogens with one attached hydrogen (secondary N) is 2. The predicted octanol–water partition coefficient (Wildman–Crippen LogP) is 5.11. The van der Waals surface area contributed by atoms with Crippen LogP contribution >= 0.6 is 0 Å². The second kappa shape index (κ2) is 9.87. The van der Waals surface area contributed by atoms with Crippen LogP contribution in [0.1, 0.15) is 22.6 Å². The van der Waals surface area contributed by atoms with Crippen LogP contribution in [0, 0.1) is 5.41 Å². The van der Waals surface area contributed by atoms with Gasteiger partial charge in [0.05, 0.1) is 10.8 Å². The van der Waals surface area contributed by atoms with Gasteiger partial charge in [-0.05, 0) is 51.2 Å². The standard InChI is InChI=1S/C30H25N3O3S/c31-29(32)23-11-9-20(10-12-23)17-28(26-14-13-21-5-1-3-7-24(21)18-26)30(34)33-37(35,36)27-16-15-22-6-2-4-8-25(22)19-27/h1-16,18-19,28H,17H2,(H3,31,32)(H,33,34). The van der Waals surface area contributed by atoms with E-state index in [1.165, 1.54) is 6.07 Å². The van der Waals surface area contributed by atoms with Crippen molar-refractivity contribution in [3.8, 4) is 0 Å². The Labute approximate surface area is 215 Å². The molecule has 5 aromatic rings. The van der Waals surface area contributed by atoms with Gasteiger partial charge >= 0.3 is 0 Å². The molecule has 7 heteroatoms. The van der Waals surface area contributed by atoms with Crippen molar-refractivity contribution in [1.29, 1.82) is 5.41 Å². The van der Waals surface area contributed by atoms with Crippen LogP contribution in [-0.2, 0) is 21.2 Å². The molecule has 0 saturated carbocycles. The van der Waals surface area contributed by atoms with Crippen molar-refractivity contribution in [3.63, 3.8) is 0 Å². The number of carbonyl (C=O) groups is 1. The zero-order valence-corrected chi connectivity index (χ0v) is 20.7. The molecule has 1 amide bonds. The van der Waals surface area contributed by atoms with Gasteiger partial charge in [-0.25, -0.2) is 13.1 Å². The minimum atomic E-state index is -4.10. The molecule has 0 fully saturated rings. The number of fused-ring (bicyclic) bond motifs is 2. The minimum Gasteiger partial charge on any atom is -0.384 e.